The summed E-state index contributed by atoms with van der Waals surface area (Å²) in [5, 5.41) is 21.0. The zero-order valence-electron chi connectivity index (χ0n) is 7.77. The number of thiophene rings is 1. The standard InChI is InChI=1S/C12H8O2S/c13-7-5-9(14)12-8-3-1-2-4-10(8)15-11(12)6-7/h1-6,13-14H. The Morgan fingerprint density at radius 1 is 0.933 bits per heavy atom. The number of phenolic OH excluding ortho intramolecular Hbond substituents is 2. The Hall–Kier alpha value is -1.74. The smallest absolute Gasteiger partial charge is 0.128 e. The molecule has 0 saturated heterocycles. The highest BCUT2D eigenvalue weighted by atomic mass is 32.1. The van der Waals surface area contributed by atoms with E-state index in [9.17, 15) is 10.2 Å². The van der Waals surface area contributed by atoms with Crippen LogP contribution in [-0.2, 0) is 0 Å². The molecular weight excluding hydrogens is 208 g/mol. The lowest BCUT2D eigenvalue weighted by Gasteiger charge is -1.97. The van der Waals surface area contributed by atoms with Crippen LogP contribution in [0.5, 0.6) is 11.5 Å². The molecule has 0 aliphatic carbocycles. The lowest BCUT2D eigenvalue weighted by molar-refractivity contribution is 0.455. The summed E-state index contributed by atoms with van der Waals surface area (Å²) in [6.45, 7) is 0. The van der Waals surface area contributed by atoms with Gasteiger partial charge in [-0.25, -0.2) is 0 Å². The molecule has 3 rings (SSSR count). The molecule has 3 aromatic rings. The summed E-state index contributed by atoms with van der Waals surface area (Å²) in [4.78, 5) is 0. The summed E-state index contributed by atoms with van der Waals surface area (Å²) in [6, 6.07) is 11.0. The fraction of sp³-hybridized carbons (Fsp3) is 0. The fourth-order valence-electron chi connectivity index (χ4n) is 1.82. The third kappa shape index (κ3) is 1.17. The predicted molar refractivity (Wildman–Crippen MR) is 62.7 cm³/mol. The number of benzene rings is 2. The number of hydrogen-bond donors (Lipinski definition) is 2. The van der Waals surface area contributed by atoms with Crippen LogP contribution in [-0.4, -0.2) is 10.2 Å². The van der Waals surface area contributed by atoms with Crippen LogP contribution in [0.4, 0.5) is 0 Å². The second-order valence-corrected chi connectivity index (χ2v) is 4.52. The SMILES string of the molecule is Oc1cc(O)c2c(c1)sc1ccccc12. The predicted octanol–water partition coefficient (Wildman–Crippen LogP) is 3.47. The Morgan fingerprint density at radius 2 is 1.73 bits per heavy atom. The molecule has 15 heavy (non-hydrogen) atoms. The van der Waals surface area contributed by atoms with Crippen LogP contribution in [0, 0.1) is 0 Å². The second-order valence-electron chi connectivity index (χ2n) is 3.44. The van der Waals surface area contributed by atoms with Crippen molar-refractivity contribution in [3.8, 4) is 11.5 Å². The first-order chi connectivity index (χ1) is 7.25. The van der Waals surface area contributed by atoms with Gasteiger partial charge in [-0.15, -0.1) is 11.3 Å². The van der Waals surface area contributed by atoms with E-state index in [0.717, 1.165) is 20.2 Å². The van der Waals surface area contributed by atoms with E-state index < -0.39 is 0 Å². The molecule has 2 aromatic carbocycles. The molecule has 2 nitrogen and oxygen atoms in total. The fourth-order valence-corrected chi connectivity index (χ4v) is 2.98. The van der Waals surface area contributed by atoms with E-state index in [0.29, 0.717) is 0 Å². The summed E-state index contributed by atoms with van der Waals surface area (Å²) in [6.07, 6.45) is 0. The monoisotopic (exact) mass is 216 g/mol. The lowest BCUT2D eigenvalue weighted by atomic mass is 10.1. The van der Waals surface area contributed by atoms with Gasteiger partial charge in [0.25, 0.3) is 0 Å². The quantitative estimate of drug-likeness (QED) is 0.604. The van der Waals surface area contributed by atoms with Crippen LogP contribution in [0.15, 0.2) is 36.4 Å². The van der Waals surface area contributed by atoms with Crippen LogP contribution in [0.3, 0.4) is 0 Å². The molecule has 0 bridgehead atoms. The van der Waals surface area contributed by atoms with Crippen molar-refractivity contribution in [1.29, 1.82) is 0 Å². The van der Waals surface area contributed by atoms with Crippen molar-refractivity contribution in [3.63, 3.8) is 0 Å². The Bertz CT molecular complexity index is 655. The highest BCUT2D eigenvalue weighted by molar-refractivity contribution is 7.25. The summed E-state index contributed by atoms with van der Waals surface area (Å²) >= 11 is 1.57. The van der Waals surface area contributed by atoms with E-state index in [1.54, 1.807) is 17.4 Å². The number of phenols is 2. The lowest BCUT2D eigenvalue weighted by Crippen LogP contribution is -1.69. The van der Waals surface area contributed by atoms with Crippen molar-refractivity contribution in [2.24, 2.45) is 0 Å². The second kappa shape index (κ2) is 2.87. The van der Waals surface area contributed by atoms with E-state index in [4.69, 9.17) is 0 Å². The van der Waals surface area contributed by atoms with E-state index >= 15 is 0 Å². The van der Waals surface area contributed by atoms with Crippen molar-refractivity contribution in [2.45, 2.75) is 0 Å². The first-order valence-electron chi connectivity index (χ1n) is 4.59. The molecule has 0 atom stereocenters. The summed E-state index contributed by atoms with van der Waals surface area (Å²) in [5.41, 5.74) is 0. The van der Waals surface area contributed by atoms with Gasteiger partial charge in [-0.1, -0.05) is 18.2 Å². The molecule has 0 radical (unpaired) electrons. The normalized spacial score (nSPS) is 11.2. The first-order valence-corrected chi connectivity index (χ1v) is 5.40. The molecule has 0 unspecified atom stereocenters. The maximum atomic E-state index is 9.79. The van der Waals surface area contributed by atoms with Crippen LogP contribution >= 0.6 is 11.3 Å². The largest absolute Gasteiger partial charge is 0.508 e. The number of aromatic hydroxyl groups is 2. The summed E-state index contributed by atoms with van der Waals surface area (Å²) < 4.78 is 2.03. The number of fused-ring (bicyclic) bond motifs is 3. The maximum absolute atomic E-state index is 9.79. The zero-order valence-corrected chi connectivity index (χ0v) is 8.58. The molecule has 74 valence electrons. The molecule has 3 heteroatoms. The summed E-state index contributed by atoms with van der Waals surface area (Å²) in [7, 11) is 0. The van der Waals surface area contributed by atoms with Gasteiger partial charge < -0.3 is 10.2 Å². The maximum Gasteiger partial charge on any atom is 0.128 e. The number of rotatable bonds is 0. The molecule has 0 amide bonds. The van der Waals surface area contributed by atoms with E-state index in [1.165, 1.54) is 6.07 Å². The number of hydrogen-bond acceptors (Lipinski definition) is 3. The van der Waals surface area contributed by atoms with E-state index in [1.807, 2.05) is 24.3 Å². The van der Waals surface area contributed by atoms with Crippen molar-refractivity contribution in [1.82, 2.24) is 0 Å². The molecule has 0 aliphatic rings. The molecule has 0 saturated carbocycles. The minimum atomic E-state index is 0.103. The van der Waals surface area contributed by atoms with Crippen LogP contribution in [0.25, 0.3) is 20.2 Å². The Labute approximate surface area is 90.0 Å². The first kappa shape index (κ1) is 8.56. The van der Waals surface area contributed by atoms with Gasteiger partial charge in [-0.3, -0.25) is 0 Å². The Kier molecular flexibility index (Phi) is 1.64. The molecular formula is C12H8O2S. The van der Waals surface area contributed by atoms with Crippen molar-refractivity contribution in [3.05, 3.63) is 36.4 Å². The van der Waals surface area contributed by atoms with Crippen molar-refractivity contribution in [2.75, 3.05) is 0 Å². The minimum Gasteiger partial charge on any atom is -0.508 e. The average Bonchev–Trinajstić information content (AvgIpc) is 2.54. The Balaban J connectivity index is 2.61. The van der Waals surface area contributed by atoms with E-state index in [-0.39, 0.29) is 11.5 Å². The van der Waals surface area contributed by atoms with Gasteiger partial charge in [0.1, 0.15) is 11.5 Å². The topological polar surface area (TPSA) is 40.5 Å². The van der Waals surface area contributed by atoms with Gasteiger partial charge in [0.15, 0.2) is 0 Å². The zero-order chi connectivity index (χ0) is 10.4. The molecule has 0 spiro atoms. The van der Waals surface area contributed by atoms with Gasteiger partial charge >= 0.3 is 0 Å². The Morgan fingerprint density at radius 3 is 2.60 bits per heavy atom. The highest BCUT2D eigenvalue weighted by Gasteiger charge is 2.09. The molecule has 0 fully saturated rings. The van der Waals surface area contributed by atoms with Gasteiger partial charge in [0, 0.05) is 26.2 Å². The molecule has 1 heterocycles. The average molecular weight is 216 g/mol. The summed E-state index contributed by atoms with van der Waals surface area (Å²) in [5.74, 6) is 0.244. The molecule has 1 aromatic heterocycles. The van der Waals surface area contributed by atoms with E-state index in [2.05, 4.69) is 0 Å². The van der Waals surface area contributed by atoms with Crippen molar-refractivity contribution < 1.29 is 10.2 Å². The minimum absolute atomic E-state index is 0.103. The third-order valence-corrected chi connectivity index (χ3v) is 3.56. The third-order valence-electron chi connectivity index (χ3n) is 2.44. The van der Waals surface area contributed by atoms with Crippen molar-refractivity contribution >= 4 is 31.5 Å². The van der Waals surface area contributed by atoms with Crippen LogP contribution in [0.2, 0.25) is 0 Å². The highest BCUT2D eigenvalue weighted by Crippen LogP contribution is 2.40. The van der Waals surface area contributed by atoms with Gasteiger partial charge in [0.2, 0.25) is 0 Å². The van der Waals surface area contributed by atoms with Gasteiger partial charge in [-0.05, 0) is 12.1 Å². The van der Waals surface area contributed by atoms with Crippen LogP contribution < -0.4 is 0 Å². The molecule has 2 N–H and O–H groups in total. The van der Waals surface area contributed by atoms with Gasteiger partial charge in [0.05, 0.1) is 0 Å². The van der Waals surface area contributed by atoms with Crippen LogP contribution in [0.1, 0.15) is 0 Å². The van der Waals surface area contributed by atoms with Gasteiger partial charge in [-0.2, -0.15) is 0 Å². The molecule has 0 aliphatic heterocycles.